The normalized spacial score (nSPS) is 20.8. The first-order valence-corrected chi connectivity index (χ1v) is 6.05. The molecule has 0 unspecified atom stereocenters. The molecule has 0 bridgehead atoms. The summed E-state index contributed by atoms with van der Waals surface area (Å²) in [4.78, 5) is 13.3. The Morgan fingerprint density at radius 1 is 1.38 bits per heavy atom. The van der Waals surface area contributed by atoms with Gasteiger partial charge in [0, 0.05) is 20.0 Å². The maximum absolute atomic E-state index is 11.3. The zero-order valence-electron chi connectivity index (χ0n) is 9.86. The van der Waals surface area contributed by atoms with Crippen molar-refractivity contribution in [1.82, 2.24) is 4.90 Å². The minimum atomic E-state index is 0.220. The molecule has 0 spiro atoms. The first-order chi connectivity index (χ1) is 7.75. The van der Waals surface area contributed by atoms with Crippen molar-refractivity contribution in [1.29, 1.82) is 0 Å². The number of benzene rings is 1. The maximum atomic E-state index is 11.3. The van der Waals surface area contributed by atoms with Gasteiger partial charge in [0.2, 0.25) is 5.91 Å². The summed E-state index contributed by atoms with van der Waals surface area (Å²) in [6.07, 6.45) is 3.50. The van der Waals surface area contributed by atoms with Gasteiger partial charge in [-0.05, 0) is 30.7 Å². The van der Waals surface area contributed by atoms with Gasteiger partial charge in [-0.25, -0.2) is 0 Å². The molecule has 1 aromatic carbocycles. The van der Waals surface area contributed by atoms with Crippen molar-refractivity contribution in [3.63, 3.8) is 0 Å². The van der Waals surface area contributed by atoms with Crippen LogP contribution in [0.25, 0.3) is 0 Å². The van der Waals surface area contributed by atoms with Crippen LogP contribution in [0.4, 0.5) is 0 Å². The Balaban J connectivity index is 1.93. The average Bonchev–Trinajstić information content (AvgIpc) is 2.30. The molecule has 1 saturated heterocycles. The van der Waals surface area contributed by atoms with E-state index in [1.54, 1.807) is 6.92 Å². The first kappa shape index (κ1) is 11.2. The highest BCUT2D eigenvalue weighted by Gasteiger charge is 2.21. The number of rotatable bonds is 2. The Labute approximate surface area is 97.3 Å². The van der Waals surface area contributed by atoms with Crippen LogP contribution >= 0.6 is 0 Å². The van der Waals surface area contributed by atoms with Crippen LogP contribution in [-0.4, -0.2) is 23.9 Å². The molecule has 86 valence electrons. The molecule has 0 radical (unpaired) electrons. The molecule has 1 aliphatic rings. The molecule has 1 aliphatic heterocycles. The zero-order valence-corrected chi connectivity index (χ0v) is 9.86. The average molecular weight is 217 g/mol. The standard InChI is InChI=1S/C14H19NO/c1-12(16)15-9-5-8-14(11-15)10-13-6-3-2-4-7-13/h2-4,6-7,14H,5,8-11H2,1H3/t14-/m0/s1. The molecule has 2 nitrogen and oxygen atoms in total. The number of piperidine rings is 1. The topological polar surface area (TPSA) is 20.3 Å². The summed E-state index contributed by atoms with van der Waals surface area (Å²) in [6.45, 7) is 3.55. The smallest absolute Gasteiger partial charge is 0.219 e. The quantitative estimate of drug-likeness (QED) is 0.745. The summed E-state index contributed by atoms with van der Waals surface area (Å²) < 4.78 is 0. The summed E-state index contributed by atoms with van der Waals surface area (Å²) in [5.41, 5.74) is 1.39. The summed E-state index contributed by atoms with van der Waals surface area (Å²) in [5.74, 6) is 0.859. The van der Waals surface area contributed by atoms with E-state index in [4.69, 9.17) is 0 Å². The van der Waals surface area contributed by atoms with Crippen LogP contribution in [0.15, 0.2) is 30.3 Å². The van der Waals surface area contributed by atoms with Crippen molar-refractivity contribution >= 4 is 5.91 Å². The highest BCUT2D eigenvalue weighted by molar-refractivity contribution is 5.73. The third-order valence-corrected chi connectivity index (χ3v) is 3.33. The maximum Gasteiger partial charge on any atom is 0.219 e. The van der Waals surface area contributed by atoms with E-state index in [1.807, 2.05) is 11.0 Å². The van der Waals surface area contributed by atoms with E-state index < -0.39 is 0 Å². The van der Waals surface area contributed by atoms with Crippen LogP contribution in [-0.2, 0) is 11.2 Å². The van der Waals surface area contributed by atoms with E-state index in [0.717, 1.165) is 25.9 Å². The molecule has 1 fully saturated rings. The summed E-state index contributed by atoms with van der Waals surface area (Å²) in [5, 5.41) is 0. The van der Waals surface area contributed by atoms with Crippen LogP contribution < -0.4 is 0 Å². The molecular formula is C14H19NO. The van der Waals surface area contributed by atoms with Crippen LogP contribution in [0.5, 0.6) is 0 Å². The number of carbonyl (C=O) groups excluding carboxylic acids is 1. The lowest BCUT2D eigenvalue weighted by atomic mass is 9.91. The van der Waals surface area contributed by atoms with Gasteiger partial charge >= 0.3 is 0 Å². The van der Waals surface area contributed by atoms with Gasteiger partial charge in [0.1, 0.15) is 0 Å². The lowest BCUT2D eigenvalue weighted by Gasteiger charge is -2.32. The van der Waals surface area contributed by atoms with Gasteiger partial charge in [-0.15, -0.1) is 0 Å². The lowest BCUT2D eigenvalue weighted by Crippen LogP contribution is -2.39. The van der Waals surface area contributed by atoms with Crippen LogP contribution in [0.1, 0.15) is 25.3 Å². The highest BCUT2D eigenvalue weighted by Crippen LogP contribution is 2.20. The van der Waals surface area contributed by atoms with Crippen molar-refractivity contribution in [2.45, 2.75) is 26.2 Å². The van der Waals surface area contributed by atoms with E-state index in [-0.39, 0.29) is 5.91 Å². The number of likely N-dealkylation sites (tertiary alicyclic amines) is 1. The molecule has 0 aromatic heterocycles. The molecule has 2 rings (SSSR count). The van der Waals surface area contributed by atoms with Crippen molar-refractivity contribution in [2.75, 3.05) is 13.1 Å². The molecule has 0 saturated carbocycles. The van der Waals surface area contributed by atoms with E-state index in [2.05, 4.69) is 24.3 Å². The van der Waals surface area contributed by atoms with E-state index in [1.165, 1.54) is 12.0 Å². The number of hydrogen-bond acceptors (Lipinski definition) is 1. The number of nitrogens with zero attached hydrogens (tertiary/aromatic N) is 1. The van der Waals surface area contributed by atoms with Crippen LogP contribution in [0.3, 0.4) is 0 Å². The molecule has 1 heterocycles. The van der Waals surface area contributed by atoms with Gasteiger partial charge in [-0.3, -0.25) is 4.79 Å². The minimum absolute atomic E-state index is 0.220. The van der Waals surface area contributed by atoms with E-state index in [9.17, 15) is 4.79 Å². The Morgan fingerprint density at radius 3 is 2.81 bits per heavy atom. The van der Waals surface area contributed by atoms with Gasteiger partial charge < -0.3 is 4.90 Å². The highest BCUT2D eigenvalue weighted by atomic mass is 16.2. The molecule has 1 aromatic rings. The fourth-order valence-corrected chi connectivity index (χ4v) is 2.47. The molecular weight excluding hydrogens is 198 g/mol. The Kier molecular flexibility index (Phi) is 3.60. The van der Waals surface area contributed by atoms with Crippen molar-refractivity contribution < 1.29 is 4.79 Å². The van der Waals surface area contributed by atoms with Gasteiger partial charge in [0.25, 0.3) is 0 Å². The molecule has 0 aliphatic carbocycles. The summed E-state index contributed by atoms with van der Waals surface area (Å²) >= 11 is 0. The first-order valence-electron chi connectivity index (χ1n) is 6.05. The van der Waals surface area contributed by atoms with Gasteiger partial charge in [-0.1, -0.05) is 30.3 Å². The SMILES string of the molecule is CC(=O)N1CCC[C@@H](Cc2ccccc2)C1. The molecule has 1 amide bonds. The fraction of sp³-hybridized carbons (Fsp3) is 0.500. The minimum Gasteiger partial charge on any atom is -0.343 e. The van der Waals surface area contributed by atoms with Crippen molar-refractivity contribution in [3.8, 4) is 0 Å². The molecule has 2 heteroatoms. The van der Waals surface area contributed by atoms with Crippen molar-refractivity contribution in [2.24, 2.45) is 5.92 Å². The number of amides is 1. The number of carbonyl (C=O) groups is 1. The van der Waals surface area contributed by atoms with Gasteiger partial charge in [-0.2, -0.15) is 0 Å². The third kappa shape index (κ3) is 2.84. The molecule has 0 N–H and O–H groups in total. The van der Waals surface area contributed by atoms with E-state index in [0.29, 0.717) is 5.92 Å². The second-order valence-corrected chi connectivity index (χ2v) is 4.66. The predicted molar refractivity (Wildman–Crippen MR) is 65.1 cm³/mol. The third-order valence-electron chi connectivity index (χ3n) is 3.33. The van der Waals surface area contributed by atoms with Crippen LogP contribution in [0, 0.1) is 5.92 Å². The Hall–Kier alpha value is -1.31. The summed E-state index contributed by atoms with van der Waals surface area (Å²) in [6, 6.07) is 10.6. The second kappa shape index (κ2) is 5.15. The fourth-order valence-electron chi connectivity index (χ4n) is 2.47. The molecule has 16 heavy (non-hydrogen) atoms. The Morgan fingerprint density at radius 2 is 2.12 bits per heavy atom. The van der Waals surface area contributed by atoms with Crippen molar-refractivity contribution in [3.05, 3.63) is 35.9 Å². The predicted octanol–water partition coefficient (Wildman–Crippen LogP) is 2.49. The van der Waals surface area contributed by atoms with Gasteiger partial charge in [0.15, 0.2) is 0 Å². The Bertz CT molecular complexity index is 347. The second-order valence-electron chi connectivity index (χ2n) is 4.66. The monoisotopic (exact) mass is 217 g/mol. The van der Waals surface area contributed by atoms with Gasteiger partial charge in [0.05, 0.1) is 0 Å². The molecule has 1 atom stereocenters. The number of hydrogen-bond donors (Lipinski definition) is 0. The van der Waals surface area contributed by atoms with E-state index >= 15 is 0 Å². The van der Waals surface area contributed by atoms with Crippen LogP contribution in [0.2, 0.25) is 0 Å². The zero-order chi connectivity index (χ0) is 11.4. The summed E-state index contributed by atoms with van der Waals surface area (Å²) in [7, 11) is 0. The largest absolute Gasteiger partial charge is 0.343 e. The lowest BCUT2D eigenvalue weighted by molar-refractivity contribution is -0.130.